The molecule has 1 N–H and O–H groups in total. The van der Waals surface area contributed by atoms with Crippen LogP contribution in [0, 0.1) is 6.92 Å². The zero-order valence-electron chi connectivity index (χ0n) is 23.4. The molecule has 0 radical (unpaired) electrons. The van der Waals surface area contributed by atoms with Crippen molar-refractivity contribution in [3.63, 3.8) is 0 Å². The molecular weight excluding hydrogens is 570 g/mol. The summed E-state index contributed by atoms with van der Waals surface area (Å²) >= 11 is 0.911. The fourth-order valence-corrected chi connectivity index (χ4v) is 5.58. The number of pyridine rings is 1. The first-order valence-corrected chi connectivity index (χ1v) is 14.0. The van der Waals surface area contributed by atoms with E-state index in [0.717, 1.165) is 16.9 Å². The SMILES string of the molecule is C=CCOC(=O)c1sc(N2C(=O)C(=O)/C(=C(/O)c3ccncc3)C2c2ccc(OCc3ccccc3)c(OC)c2)nc1C. The third kappa shape index (κ3) is 5.88. The van der Waals surface area contributed by atoms with Crippen molar-refractivity contribution in [2.75, 3.05) is 18.6 Å². The molecule has 43 heavy (non-hydrogen) atoms. The molecule has 2 aromatic heterocycles. The highest BCUT2D eigenvalue weighted by Gasteiger charge is 2.48. The molecule has 11 heteroatoms. The summed E-state index contributed by atoms with van der Waals surface area (Å²) in [5.74, 6) is -2.04. The summed E-state index contributed by atoms with van der Waals surface area (Å²) in [5, 5.41) is 11.4. The van der Waals surface area contributed by atoms with Gasteiger partial charge in [0.1, 0.15) is 23.9 Å². The van der Waals surface area contributed by atoms with Crippen LogP contribution in [0.5, 0.6) is 11.5 Å². The first kappa shape index (κ1) is 29.2. The van der Waals surface area contributed by atoms with E-state index in [1.54, 1.807) is 25.1 Å². The molecule has 1 aliphatic rings. The number of rotatable bonds is 10. The summed E-state index contributed by atoms with van der Waals surface area (Å²) in [6.07, 6.45) is 4.37. The number of ketones is 1. The Morgan fingerprint density at radius 2 is 1.84 bits per heavy atom. The Kier molecular flexibility index (Phi) is 8.63. The van der Waals surface area contributed by atoms with Crippen LogP contribution >= 0.6 is 11.3 Å². The van der Waals surface area contributed by atoms with Crippen molar-refractivity contribution >= 4 is 39.9 Å². The number of nitrogens with zero attached hydrogens (tertiary/aromatic N) is 3. The predicted octanol–water partition coefficient (Wildman–Crippen LogP) is 5.40. The Morgan fingerprint density at radius 3 is 2.53 bits per heavy atom. The summed E-state index contributed by atoms with van der Waals surface area (Å²) < 4.78 is 16.8. The third-order valence-corrected chi connectivity index (χ3v) is 7.78. The van der Waals surface area contributed by atoms with Gasteiger partial charge in [-0.05, 0) is 42.3 Å². The van der Waals surface area contributed by atoms with Gasteiger partial charge in [-0.15, -0.1) is 0 Å². The lowest BCUT2D eigenvalue weighted by molar-refractivity contribution is -0.132. The predicted molar refractivity (Wildman–Crippen MR) is 160 cm³/mol. The number of thiazole rings is 1. The second-order valence-electron chi connectivity index (χ2n) is 9.39. The van der Waals surface area contributed by atoms with Gasteiger partial charge in [0.2, 0.25) is 0 Å². The number of aryl methyl sites for hydroxylation is 1. The maximum Gasteiger partial charge on any atom is 0.350 e. The minimum absolute atomic E-state index is 0.000437. The van der Waals surface area contributed by atoms with E-state index in [-0.39, 0.29) is 27.9 Å². The van der Waals surface area contributed by atoms with E-state index in [1.807, 2.05) is 30.3 Å². The van der Waals surface area contributed by atoms with E-state index >= 15 is 0 Å². The number of methoxy groups -OCH3 is 1. The number of carbonyl (C=O) groups excluding carboxylic acids is 3. The van der Waals surface area contributed by atoms with Crippen LogP contribution in [0.1, 0.15) is 38.1 Å². The van der Waals surface area contributed by atoms with E-state index in [0.29, 0.717) is 34.9 Å². The van der Waals surface area contributed by atoms with Crippen molar-refractivity contribution in [1.82, 2.24) is 9.97 Å². The standard InChI is InChI=1S/C32H27N3O7S/c1-4-16-41-31(39)29-19(2)34-32(43-29)35-26(25(28(37)30(35)38)27(36)21-12-14-33-15-13-21)22-10-11-23(24(17-22)40-3)42-18-20-8-6-5-7-9-20/h4-15,17,26,36H,1,16,18H2,2-3H3/b27-25+. The minimum atomic E-state index is -1.10. The van der Waals surface area contributed by atoms with Crippen LogP contribution in [0.25, 0.3) is 5.76 Å². The van der Waals surface area contributed by atoms with Gasteiger partial charge in [-0.3, -0.25) is 19.5 Å². The summed E-state index contributed by atoms with van der Waals surface area (Å²) in [5.41, 5.74) is 1.88. The van der Waals surface area contributed by atoms with Crippen molar-refractivity contribution in [1.29, 1.82) is 0 Å². The van der Waals surface area contributed by atoms with Crippen LogP contribution in [-0.4, -0.2) is 46.5 Å². The molecule has 4 aromatic rings. The number of anilines is 1. The highest BCUT2D eigenvalue weighted by atomic mass is 32.1. The molecule has 1 amide bonds. The van der Waals surface area contributed by atoms with Gasteiger partial charge in [-0.2, -0.15) is 0 Å². The number of benzene rings is 2. The molecule has 0 bridgehead atoms. The molecule has 0 aliphatic carbocycles. The molecule has 3 heterocycles. The van der Waals surface area contributed by atoms with Gasteiger partial charge in [-0.1, -0.05) is 60.4 Å². The monoisotopic (exact) mass is 597 g/mol. The lowest BCUT2D eigenvalue weighted by atomic mass is 9.95. The summed E-state index contributed by atoms with van der Waals surface area (Å²) in [6.45, 7) is 5.44. The lowest BCUT2D eigenvalue weighted by Crippen LogP contribution is -2.29. The zero-order chi connectivity index (χ0) is 30.5. The largest absolute Gasteiger partial charge is 0.507 e. The minimum Gasteiger partial charge on any atom is -0.507 e. The Balaban J connectivity index is 1.61. The number of ether oxygens (including phenoxy) is 3. The second kappa shape index (κ2) is 12.7. The van der Waals surface area contributed by atoms with Crippen molar-refractivity contribution in [3.05, 3.63) is 119 Å². The molecule has 10 nitrogen and oxygen atoms in total. The topological polar surface area (TPSA) is 128 Å². The molecule has 1 aliphatic heterocycles. The number of aliphatic hydroxyl groups is 1. The van der Waals surface area contributed by atoms with Crippen LogP contribution < -0.4 is 14.4 Å². The van der Waals surface area contributed by atoms with Gasteiger partial charge in [-0.25, -0.2) is 9.78 Å². The molecule has 1 fully saturated rings. The van der Waals surface area contributed by atoms with Crippen molar-refractivity contribution < 1.29 is 33.7 Å². The maximum absolute atomic E-state index is 13.6. The Labute approximate surface area is 251 Å². The molecule has 218 valence electrons. The van der Waals surface area contributed by atoms with E-state index in [4.69, 9.17) is 14.2 Å². The Bertz CT molecular complexity index is 1720. The van der Waals surface area contributed by atoms with Crippen molar-refractivity contribution in [2.45, 2.75) is 19.6 Å². The van der Waals surface area contributed by atoms with E-state index in [1.165, 1.54) is 42.6 Å². The number of carbonyl (C=O) groups is 3. The Hall–Kier alpha value is -5.29. The molecule has 1 saturated heterocycles. The number of amides is 1. The van der Waals surface area contributed by atoms with Crippen LogP contribution in [0.15, 0.2) is 91.3 Å². The van der Waals surface area contributed by atoms with Gasteiger partial charge in [0, 0.05) is 18.0 Å². The molecular formula is C32H27N3O7S. The second-order valence-corrected chi connectivity index (χ2v) is 10.4. The fraction of sp³-hybridized carbons (Fsp3) is 0.156. The zero-order valence-corrected chi connectivity index (χ0v) is 24.2. The quantitative estimate of drug-likeness (QED) is 0.0840. The number of Topliss-reactive ketones (excluding diaryl/α,β-unsaturated/α-hetero) is 1. The smallest absolute Gasteiger partial charge is 0.350 e. The lowest BCUT2D eigenvalue weighted by Gasteiger charge is -2.24. The number of hydrogen-bond acceptors (Lipinski definition) is 10. The molecule has 0 saturated carbocycles. The van der Waals surface area contributed by atoms with Crippen LogP contribution in [0.4, 0.5) is 5.13 Å². The number of hydrogen-bond donors (Lipinski definition) is 1. The average molecular weight is 598 g/mol. The van der Waals surface area contributed by atoms with Gasteiger partial charge in [0.05, 0.1) is 24.4 Å². The van der Waals surface area contributed by atoms with Gasteiger partial charge in [0.15, 0.2) is 16.6 Å². The molecule has 5 rings (SSSR count). The summed E-state index contributed by atoms with van der Waals surface area (Å²) in [4.78, 5) is 49.5. The highest BCUT2D eigenvalue weighted by molar-refractivity contribution is 7.17. The maximum atomic E-state index is 13.6. The first-order chi connectivity index (χ1) is 20.8. The first-order valence-electron chi connectivity index (χ1n) is 13.2. The third-order valence-electron chi connectivity index (χ3n) is 6.65. The highest BCUT2D eigenvalue weighted by Crippen LogP contribution is 2.45. The average Bonchev–Trinajstić information content (AvgIpc) is 3.55. The fourth-order valence-electron chi connectivity index (χ4n) is 4.59. The van der Waals surface area contributed by atoms with Gasteiger partial charge >= 0.3 is 11.9 Å². The summed E-state index contributed by atoms with van der Waals surface area (Å²) in [7, 11) is 1.48. The van der Waals surface area contributed by atoms with Crippen LogP contribution in [0.3, 0.4) is 0 Å². The van der Waals surface area contributed by atoms with Crippen LogP contribution in [-0.2, 0) is 20.9 Å². The molecule has 2 aromatic carbocycles. The van der Waals surface area contributed by atoms with E-state index in [9.17, 15) is 19.5 Å². The van der Waals surface area contributed by atoms with Gasteiger partial charge < -0.3 is 19.3 Å². The molecule has 0 spiro atoms. The summed E-state index contributed by atoms with van der Waals surface area (Å²) in [6, 6.07) is 16.6. The number of aromatic nitrogens is 2. The number of aliphatic hydroxyl groups excluding tert-OH is 1. The Morgan fingerprint density at radius 1 is 1.09 bits per heavy atom. The molecule has 1 atom stereocenters. The molecule has 1 unspecified atom stereocenters. The normalized spacial score (nSPS) is 15.8. The van der Waals surface area contributed by atoms with Crippen molar-refractivity contribution in [3.8, 4) is 11.5 Å². The number of esters is 1. The van der Waals surface area contributed by atoms with Crippen molar-refractivity contribution in [2.24, 2.45) is 0 Å². The van der Waals surface area contributed by atoms with Crippen LogP contribution in [0.2, 0.25) is 0 Å². The van der Waals surface area contributed by atoms with E-state index < -0.39 is 23.7 Å². The van der Waals surface area contributed by atoms with Gasteiger partial charge in [0.25, 0.3) is 5.78 Å². The van der Waals surface area contributed by atoms with E-state index in [2.05, 4.69) is 16.5 Å².